The lowest BCUT2D eigenvalue weighted by atomic mass is 9.76. The molecule has 1 fully saturated rings. The fourth-order valence-electron chi connectivity index (χ4n) is 4.13. The Morgan fingerprint density at radius 1 is 1.28 bits per heavy atom. The van der Waals surface area contributed by atoms with Crippen LogP contribution in [-0.4, -0.2) is 29.3 Å². The molecule has 0 saturated carbocycles. The summed E-state index contributed by atoms with van der Waals surface area (Å²) < 4.78 is 56.0. The highest BCUT2D eigenvalue weighted by atomic mass is 19.4. The molecule has 3 rings (SSSR count). The lowest BCUT2D eigenvalue weighted by Crippen LogP contribution is -2.50. The largest absolute Gasteiger partial charge is 0.465 e. The summed E-state index contributed by atoms with van der Waals surface area (Å²) in [5.74, 6) is -4.25. The van der Waals surface area contributed by atoms with Crippen molar-refractivity contribution in [3.8, 4) is 0 Å². The van der Waals surface area contributed by atoms with E-state index in [1.165, 1.54) is 33.8 Å². The standard InChI is InChI=1S/C21H22F3NO4/c1-6-28-19(27)17-15(11(2)3)18(26)29-20(17,21(22,23)24)16-12(4)25(5)14-10-8-7-9-13(14)16/h7-10,17H,6H2,1-5H3/t17-,20+/m1/s1. The number of rotatable bonds is 3. The van der Waals surface area contributed by atoms with Gasteiger partial charge in [-0.05, 0) is 33.8 Å². The highest BCUT2D eigenvalue weighted by Gasteiger charge is 2.73. The number of fused-ring (bicyclic) bond motifs is 1. The van der Waals surface area contributed by atoms with Gasteiger partial charge in [-0.15, -0.1) is 0 Å². The number of hydrogen-bond acceptors (Lipinski definition) is 4. The number of carbonyl (C=O) groups is 2. The summed E-state index contributed by atoms with van der Waals surface area (Å²) in [4.78, 5) is 25.4. The average Bonchev–Trinajstić information content (AvgIpc) is 3.08. The summed E-state index contributed by atoms with van der Waals surface area (Å²) in [6, 6.07) is 6.51. The second kappa shape index (κ2) is 6.93. The van der Waals surface area contributed by atoms with E-state index in [-0.39, 0.29) is 34.4 Å². The van der Waals surface area contributed by atoms with E-state index < -0.39 is 29.6 Å². The molecule has 1 aliphatic rings. The number of allylic oxidation sites excluding steroid dienone is 1. The van der Waals surface area contributed by atoms with Crippen molar-refractivity contribution in [3.63, 3.8) is 0 Å². The summed E-state index contributed by atoms with van der Waals surface area (Å²) in [5.41, 5.74) is -2.67. The second-order valence-corrected chi connectivity index (χ2v) is 7.26. The molecule has 29 heavy (non-hydrogen) atoms. The van der Waals surface area contributed by atoms with E-state index in [9.17, 15) is 22.8 Å². The van der Waals surface area contributed by atoms with Crippen LogP contribution in [-0.2, 0) is 31.7 Å². The third kappa shape index (κ3) is 2.84. The number of ether oxygens (including phenoxy) is 2. The Kier molecular flexibility index (Phi) is 5.01. The Balaban J connectivity index is 2.49. The van der Waals surface area contributed by atoms with Gasteiger partial charge in [-0.1, -0.05) is 23.8 Å². The molecule has 0 amide bonds. The molecule has 0 aliphatic carbocycles. The van der Waals surface area contributed by atoms with Crippen LogP contribution in [0.3, 0.4) is 0 Å². The predicted octanol–water partition coefficient (Wildman–Crippen LogP) is 4.32. The lowest BCUT2D eigenvalue weighted by molar-refractivity contribution is -0.276. The van der Waals surface area contributed by atoms with Gasteiger partial charge in [0.05, 0.1) is 12.2 Å². The Bertz CT molecular complexity index is 1030. The van der Waals surface area contributed by atoms with Crippen LogP contribution in [0.4, 0.5) is 13.2 Å². The van der Waals surface area contributed by atoms with E-state index in [1.807, 2.05) is 0 Å². The zero-order chi connectivity index (χ0) is 21.7. The third-order valence-electron chi connectivity index (χ3n) is 5.42. The predicted molar refractivity (Wildman–Crippen MR) is 100.0 cm³/mol. The van der Waals surface area contributed by atoms with E-state index in [4.69, 9.17) is 9.47 Å². The molecule has 1 aromatic heterocycles. The van der Waals surface area contributed by atoms with Gasteiger partial charge in [0.1, 0.15) is 5.92 Å². The number of para-hydroxylation sites is 1. The van der Waals surface area contributed by atoms with E-state index in [0.717, 1.165) is 0 Å². The molecule has 2 atom stereocenters. The molecule has 1 saturated heterocycles. The number of alkyl halides is 3. The first-order chi connectivity index (χ1) is 13.5. The maximum atomic E-state index is 14.8. The number of aromatic nitrogens is 1. The molecule has 2 heterocycles. The number of halogens is 3. The maximum absolute atomic E-state index is 14.8. The van der Waals surface area contributed by atoms with Crippen LogP contribution in [0.15, 0.2) is 35.4 Å². The van der Waals surface area contributed by atoms with Crippen LogP contribution in [0.5, 0.6) is 0 Å². The minimum absolute atomic E-state index is 0.123. The minimum Gasteiger partial charge on any atom is -0.465 e. The van der Waals surface area contributed by atoms with E-state index >= 15 is 0 Å². The van der Waals surface area contributed by atoms with Gasteiger partial charge in [0, 0.05) is 29.2 Å². The molecule has 8 heteroatoms. The summed E-state index contributed by atoms with van der Waals surface area (Å²) >= 11 is 0. The Labute approximate surface area is 166 Å². The quantitative estimate of drug-likeness (QED) is 0.560. The van der Waals surface area contributed by atoms with Crippen molar-refractivity contribution in [2.45, 2.75) is 39.5 Å². The normalized spacial score (nSPS) is 22.1. The molecule has 0 radical (unpaired) electrons. The highest BCUT2D eigenvalue weighted by Crippen LogP contribution is 2.57. The molecule has 0 spiro atoms. The summed E-state index contributed by atoms with van der Waals surface area (Å²) in [6.07, 6.45) is -5.06. The van der Waals surface area contributed by atoms with E-state index in [0.29, 0.717) is 5.52 Å². The van der Waals surface area contributed by atoms with Gasteiger partial charge >= 0.3 is 18.1 Å². The van der Waals surface area contributed by atoms with E-state index in [1.54, 1.807) is 29.8 Å². The van der Waals surface area contributed by atoms with Gasteiger partial charge in [0.2, 0.25) is 0 Å². The topological polar surface area (TPSA) is 57.5 Å². The van der Waals surface area contributed by atoms with Gasteiger partial charge in [-0.3, -0.25) is 4.79 Å². The molecule has 156 valence electrons. The zero-order valence-corrected chi connectivity index (χ0v) is 16.8. The number of benzene rings is 1. The van der Waals surface area contributed by atoms with Crippen LogP contribution in [0.2, 0.25) is 0 Å². The van der Waals surface area contributed by atoms with Crippen molar-refractivity contribution in [3.05, 3.63) is 46.7 Å². The Morgan fingerprint density at radius 2 is 1.90 bits per heavy atom. The van der Waals surface area contributed by atoms with Crippen LogP contribution in [0.25, 0.3) is 10.9 Å². The Morgan fingerprint density at radius 3 is 2.45 bits per heavy atom. The number of hydrogen-bond donors (Lipinski definition) is 0. The molecule has 0 bridgehead atoms. The maximum Gasteiger partial charge on any atom is 0.434 e. The highest BCUT2D eigenvalue weighted by molar-refractivity contribution is 6.02. The van der Waals surface area contributed by atoms with Crippen molar-refractivity contribution in [1.82, 2.24) is 4.57 Å². The van der Waals surface area contributed by atoms with Crippen LogP contribution in [0, 0.1) is 12.8 Å². The van der Waals surface area contributed by atoms with Gasteiger partial charge in [-0.25, -0.2) is 4.79 Å². The summed E-state index contributed by atoms with van der Waals surface area (Å²) in [5, 5.41) is 0.266. The number of nitrogens with zero attached hydrogens (tertiary/aromatic N) is 1. The molecule has 0 N–H and O–H groups in total. The number of esters is 2. The average molecular weight is 409 g/mol. The van der Waals surface area contributed by atoms with Crippen LogP contribution in [0.1, 0.15) is 32.0 Å². The minimum atomic E-state index is -5.06. The monoisotopic (exact) mass is 409 g/mol. The van der Waals surface area contributed by atoms with Gasteiger partial charge < -0.3 is 14.0 Å². The molecular weight excluding hydrogens is 387 g/mol. The van der Waals surface area contributed by atoms with Crippen molar-refractivity contribution in [2.24, 2.45) is 13.0 Å². The summed E-state index contributed by atoms with van der Waals surface area (Å²) in [7, 11) is 1.63. The first-order valence-corrected chi connectivity index (χ1v) is 9.17. The lowest BCUT2D eigenvalue weighted by Gasteiger charge is -2.34. The molecular formula is C21H22F3NO4. The van der Waals surface area contributed by atoms with E-state index in [2.05, 4.69) is 0 Å². The smallest absolute Gasteiger partial charge is 0.434 e. The number of carbonyl (C=O) groups excluding carboxylic acids is 2. The molecule has 5 nitrogen and oxygen atoms in total. The molecule has 1 aromatic carbocycles. The van der Waals surface area contributed by atoms with Crippen molar-refractivity contribution < 1.29 is 32.2 Å². The third-order valence-corrected chi connectivity index (χ3v) is 5.42. The zero-order valence-electron chi connectivity index (χ0n) is 16.8. The van der Waals surface area contributed by atoms with Crippen LogP contribution >= 0.6 is 0 Å². The first kappa shape index (κ1) is 21.0. The van der Waals surface area contributed by atoms with Gasteiger partial charge in [0.15, 0.2) is 0 Å². The molecule has 2 aromatic rings. The summed E-state index contributed by atoms with van der Waals surface area (Å²) in [6.45, 7) is 5.84. The second-order valence-electron chi connectivity index (χ2n) is 7.26. The first-order valence-electron chi connectivity index (χ1n) is 9.17. The number of aryl methyl sites for hydroxylation is 1. The SMILES string of the molecule is CCOC(=O)[C@H]1C(=C(C)C)C(=O)O[C@]1(c1c(C)n(C)c2ccccc12)C(F)(F)F. The Hall–Kier alpha value is -2.77. The number of cyclic esters (lactones) is 1. The van der Waals surface area contributed by atoms with Crippen LogP contribution < -0.4 is 0 Å². The molecule has 0 unspecified atom stereocenters. The molecule has 1 aliphatic heterocycles. The fraction of sp³-hybridized carbons (Fsp3) is 0.429. The fourth-order valence-corrected chi connectivity index (χ4v) is 4.13. The van der Waals surface area contributed by atoms with Crippen molar-refractivity contribution in [2.75, 3.05) is 6.61 Å². The van der Waals surface area contributed by atoms with Crippen molar-refractivity contribution in [1.29, 1.82) is 0 Å². The van der Waals surface area contributed by atoms with Gasteiger partial charge in [-0.2, -0.15) is 13.2 Å². The van der Waals surface area contributed by atoms with Gasteiger partial charge in [0.25, 0.3) is 5.60 Å². The van der Waals surface area contributed by atoms with Crippen molar-refractivity contribution >= 4 is 22.8 Å².